The Morgan fingerprint density at radius 2 is 1.83 bits per heavy atom. The van der Waals surface area contributed by atoms with E-state index in [1.807, 2.05) is 19.9 Å². The topological polar surface area (TPSA) is 90.5 Å². The second-order valence-corrected chi connectivity index (χ2v) is 7.59. The Morgan fingerprint density at radius 3 is 2.57 bits per heavy atom. The summed E-state index contributed by atoms with van der Waals surface area (Å²) in [5.74, 6) is -1.60. The number of rotatable bonds is 8. The lowest BCUT2D eigenvalue weighted by Crippen LogP contribution is -2.45. The van der Waals surface area contributed by atoms with Crippen LogP contribution in [0, 0.1) is 5.92 Å². The SMILES string of the molecule is CC(C)[C@H](NC(=O)c1ccccc1Cl)C(=O)OCCCn1c(=O)oc2ccccc21. The highest BCUT2D eigenvalue weighted by atomic mass is 35.5. The van der Waals surface area contributed by atoms with Crippen LogP contribution < -0.4 is 11.1 Å². The van der Waals surface area contributed by atoms with Crippen LogP contribution in [0.5, 0.6) is 0 Å². The Morgan fingerprint density at radius 1 is 1.13 bits per heavy atom. The lowest BCUT2D eigenvalue weighted by molar-refractivity contribution is -0.147. The molecule has 158 valence electrons. The Bertz CT molecular complexity index is 1100. The summed E-state index contributed by atoms with van der Waals surface area (Å²) in [4.78, 5) is 37.0. The molecule has 0 saturated carbocycles. The molecule has 1 aromatic heterocycles. The van der Waals surface area contributed by atoms with E-state index < -0.39 is 23.7 Å². The molecule has 0 bridgehead atoms. The molecule has 1 heterocycles. The first-order chi connectivity index (χ1) is 14.4. The molecular formula is C22H23ClN2O5. The number of ether oxygens (including phenoxy) is 1. The number of nitrogens with one attached hydrogen (secondary N) is 1. The molecule has 0 unspecified atom stereocenters. The third-order valence-electron chi connectivity index (χ3n) is 4.67. The Kier molecular flexibility index (Phi) is 6.95. The number of amides is 1. The number of fused-ring (bicyclic) bond motifs is 1. The predicted molar refractivity (Wildman–Crippen MR) is 114 cm³/mol. The predicted octanol–water partition coefficient (Wildman–Crippen LogP) is 3.64. The number of aromatic nitrogens is 1. The van der Waals surface area contributed by atoms with Crippen molar-refractivity contribution in [2.45, 2.75) is 32.9 Å². The van der Waals surface area contributed by atoms with Gasteiger partial charge in [-0.05, 0) is 36.6 Å². The molecule has 0 spiro atoms. The number of hydrogen-bond acceptors (Lipinski definition) is 5. The van der Waals surface area contributed by atoms with Crippen LogP contribution in [0.15, 0.2) is 57.7 Å². The minimum Gasteiger partial charge on any atom is -0.464 e. The van der Waals surface area contributed by atoms with E-state index in [-0.39, 0.29) is 12.5 Å². The van der Waals surface area contributed by atoms with E-state index in [9.17, 15) is 14.4 Å². The van der Waals surface area contributed by atoms with Crippen molar-refractivity contribution >= 4 is 34.6 Å². The summed E-state index contributed by atoms with van der Waals surface area (Å²) >= 11 is 6.05. The molecule has 0 aliphatic carbocycles. The number of hydrogen-bond donors (Lipinski definition) is 1. The van der Waals surface area contributed by atoms with Gasteiger partial charge in [-0.2, -0.15) is 0 Å². The largest absolute Gasteiger partial charge is 0.464 e. The molecule has 1 N–H and O–H groups in total. The van der Waals surface area contributed by atoms with Gasteiger partial charge >= 0.3 is 11.7 Å². The van der Waals surface area contributed by atoms with Crippen LogP contribution in [-0.4, -0.2) is 29.1 Å². The van der Waals surface area contributed by atoms with E-state index in [1.54, 1.807) is 42.5 Å². The summed E-state index contributed by atoms with van der Waals surface area (Å²) in [6.45, 7) is 4.09. The fourth-order valence-electron chi connectivity index (χ4n) is 3.07. The van der Waals surface area contributed by atoms with Crippen molar-refractivity contribution in [3.63, 3.8) is 0 Å². The van der Waals surface area contributed by atoms with Crippen molar-refractivity contribution in [3.8, 4) is 0 Å². The maximum Gasteiger partial charge on any atom is 0.419 e. The van der Waals surface area contributed by atoms with Crippen molar-refractivity contribution in [2.24, 2.45) is 5.92 Å². The quantitative estimate of drug-likeness (QED) is 0.435. The third-order valence-corrected chi connectivity index (χ3v) is 5.00. The first kappa shape index (κ1) is 21.6. The molecule has 0 fully saturated rings. The maximum absolute atomic E-state index is 12.5. The molecule has 8 heteroatoms. The van der Waals surface area contributed by atoms with E-state index in [0.717, 1.165) is 0 Å². The second kappa shape index (κ2) is 9.63. The zero-order valence-corrected chi connectivity index (χ0v) is 17.5. The number of carbonyl (C=O) groups is 2. The number of halogens is 1. The minimum absolute atomic E-state index is 0.107. The van der Waals surface area contributed by atoms with Gasteiger partial charge in [0.05, 0.1) is 22.7 Å². The number of benzene rings is 2. The summed E-state index contributed by atoms with van der Waals surface area (Å²) in [6.07, 6.45) is 0.429. The summed E-state index contributed by atoms with van der Waals surface area (Å²) in [7, 11) is 0. The number of para-hydroxylation sites is 2. The van der Waals surface area contributed by atoms with Gasteiger partial charge in [-0.25, -0.2) is 9.59 Å². The normalized spacial score (nSPS) is 12.1. The highest BCUT2D eigenvalue weighted by Crippen LogP contribution is 2.16. The molecule has 3 aromatic rings. The lowest BCUT2D eigenvalue weighted by Gasteiger charge is -2.21. The highest BCUT2D eigenvalue weighted by Gasteiger charge is 2.26. The van der Waals surface area contributed by atoms with Crippen molar-refractivity contribution in [3.05, 3.63) is 69.7 Å². The minimum atomic E-state index is -0.814. The average molecular weight is 431 g/mol. The number of esters is 1. The van der Waals surface area contributed by atoms with Gasteiger partial charge in [-0.1, -0.05) is 49.7 Å². The first-order valence-electron chi connectivity index (χ1n) is 9.69. The van der Waals surface area contributed by atoms with Crippen molar-refractivity contribution in [1.29, 1.82) is 0 Å². The van der Waals surface area contributed by atoms with E-state index in [4.69, 9.17) is 20.8 Å². The first-order valence-corrected chi connectivity index (χ1v) is 10.1. The standard InChI is InChI=1S/C22H23ClN2O5/c1-14(2)19(24-20(26)15-8-3-4-9-16(15)23)21(27)29-13-7-12-25-17-10-5-6-11-18(17)30-22(25)28/h3-6,8-11,14,19H,7,12-13H2,1-2H3,(H,24,26)/t19-/m0/s1. The number of oxazole rings is 1. The lowest BCUT2D eigenvalue weighted by atomic mass is 10.0. The van der Waals surface area contributed by atoms with E-state index in [2.05, 4.69) is 5.32 Å². The van der Waals surface area contributed by atoms with E-state index >= 15 is 0 Å². The van der Waals surface area contributed by atoms with E-state index in [0.29, 0.717) is 34.7 Å². The van der Waals surface area contributed by atoms with Gasteiger partial charge in [0, 0.05) is 6.54 Å². The molecule has 0 radical (unpaired) electrons. The van der Waals surface area contributed by atoms with Gasteiger partial charge in [-0.15, -0.1) is 0 Å². The molecule has 1 atom stereocenters. The van der Waals surface area contributed by atoms with Crippen LogP contribution in [-0.2, 0) is 16.1 Å². The van der Waals surface area contributed by atoms with Gasteiger partial charge in [0.2, 0.25) is 0 Å². The highest BCUT2D eigenvalue weighted by molar-refractivity contribution is 6.33. The van der Waals surface area contributed by atoms with Crippen LogP contribution in [0.4, 0.5) is 0 Å². The number of carbonyl (C=O) groups excluding carboxylic acids is 2. The molecule has 0 aliphatic heterocycles. The van der Waals surface area contributed by atoms with Gasteiger partial charge < -0.3 is 14.5 Å². The van der Waals surface area contributed by atoms with Crippen LogP contribution in [0.1, 0.15) is 30.6 Å². The zero-order chi connectivity index (χ0) is 21.7. The summed E-state index contributed by atoms with van der Waals surface area (Å²) in [5.41, 5.74) is 1.51. The van der Waals surface area contributed by atoms with Crippen LogP contribution in [0.25, 0.3) is 11.1 Å². The van der Waals surface area contributed by atoms with Gasteiger partial charge in [0.15, 0.2) is 5.58 Å². The van der Waals surface area contributed by atoms with Crippen molar-refractivity contribution < 1.29 is 18.7 Å². The smallest absolute Gasteiger partial charge is 0.419 e. The third kappa shape index (κ3) is 4.91. The van der Waals surface area contributed by atoms with Gasteiger partial charge in [0.25, 0.3) is 5.91 Å². The zero-order valence-electron chi connectivity index (χ0n) is 16.8. The molecular weight excluding hydrogens is 408 g/mol. The van der Waals surface area contributed by atoms with Crippen molar-refractivity contribution in [1.82, 2.24) is 9.88 Å². The molecule has 0 saturated heterocycles. The molecule has 1 amide bonds. The molecule has 30 heavy (non-hydrogen) atoms. The monoisotopic (exact) mass is 430 g/mol. The second-order valence-electron chi connectivity index (χ2n) is 7.18. The van der Waals surface area contributed by atoms with Crippen molar-refractivity contribution in [2.75, 3.05) is 6.61 Å². The summed E-state index contributed by atoms with van der Waals surface area (Å²) < 4.78 is 12.0. The molecule has 3 rings (SSSR count). The summed E-state index contributed by atoms with van der Waals surface area (Å²) in [6, 6.07) is 12.9. The van der Waals surface area contributed by atoms with Crippen LogP contribution in [0.3, 0.4) is 0 Å². The number of nitrogens with zero attached hydrogens (tertiary/aromatic N) is 1. The Hall–Kier alpha value is -3.06. The van der Waals surface area contributed by atoms with E-state index in [1.165, 1.54) is 4.57 Å². The fraction of sp³-hybridized carbons (Fsp3) is 0.318. The van der Waals surface area contributed by atoms with Gasteiger partial charge in [0.1, 0.15) is 6.04 Å². The maximum atomic E-state index is 12.5. The molecule has 0 aliphatic rings. The Balaban J connectivity index is 1.56. The summed E-state index contributed by atoms with van der Waals surface area (Å²) in [5, 5.41) is 3.00. The van der Waals surface area contributed by atoms with Crippen LogP contribution in [0.2, 0.25) is 5.02 Å². The number of aryl methyl sites for hydroxylation is 1. The Labute approximate surface area is 178 Å². The fourth-order valence-corrected chi connectivity index (χ4v) is 3.29. The average Bonchev–Trinajstić information content (AvgIpc) is 3.04. The van der Waals surface area contributed by atoms with Crippen LogP contribution >= 0.6 is 11.6 Å². The molecule has 2 aromatic carbocycles. The molecule has 7 nitrogen and oxygen atoms in total. The van der Waals surface area contributed by atoms with Gasteiger partial charge in [-0.3, -0.25) is 9.36 Å².